The van der Waals surface area contributed by atoms with Crippen LogP contribution in [-0.2, 0) is 5.41 Å². The van der Waals surface area contributed by atoms with E-state index in [1.807, 2.05) is 13.1 Å². The standard InChI is InChI=1S/C19H27NO2/c1-11-13(17(2,3)4)12-9-10-20-14(12)16-15(11)21-19(8,22-16)18(5,6)7/h9-10,20H,1-8H3. The zero-order chi connectivity index (χ0) is 16.5. The Morgan fingerprint density at radius 1 is 1.00 bits per heavy atom. The number of hydrogen-bond donors (Lipinski definition) is 1. The van der Waals surface area contributed by atoms with Gasteiger partial charge in [-0.25, -0.2) is 0 Å². The summed E-state index contributed by atoms with van der Waals surface area (Å²) >= 11 is 0. The van der Waals surface area contributed by atoms with Crippen LogP contribution in [0.4, 0.5) is 0 Å². The molecule has 3 heteroatoms. The van der Waals surface area contributed by atoms with Gasteiger partial charge in [0.2, 0.25) is 0 Å². The highest BCUT2D eigenvalue weighted by molar-refractivity contribution is 5.93. The number of aromatic amines is 1. The van der Waals surface area contributed by atoms with Gasteiger partial charge >= 0.3 is 0 Å². The minimum atomic E-state index is -0.658. The van der Waals surface area contributed by atoms with Crippen LogP contribution >= 0.6 is 0 Å². The topological polar surface area (TPSA) is 34.2 Å². The lowest BCUT2D eigenvalue weighted by atomic mass is 9.81. The minimum Gasteiger partial charge on any atom is -0.448 e. The Morgan fingerprint density at radius 2 is 1.59 bits per heavy atom. The van der Waals surface area contributed by atoms with Crippen molar-refractivity contribution in [2.45, 2.75) is 66.6 Å². The molecule has 120 valence electrons. The van der Waals surface area contributed by atoms with E-state index in [0.29, 0.717) is 0 Å². The van der Waals surface area contributed by atoms with E-state index in [1.165, 1.54) is 16.5 Å². The minimum absolute atomic E-state index is 0.0453. The van der Waals surface area contributed by atoms with E-state index >= 15 is 0 Å². The Bertz CT molecular complexity index is 743. The first-order chi connectivity index (χ1) is 9.96. The average Bonchev–Trinajstić information content (AvgIpc) is 2.90. The maximum absolute atomic E-state index is 6.36. The molecule has 3 nitrogen and oxygen atoms in total. The Morgan fingerprint density at radius 3 is 2.14 bits per heavy atom. The molecule has 1 N–H and O–H groups in total. The van der Waals surface area contributed by atoms with E-state index in [0.717, 1.165) is 17.0 Å². The fourth-order valence-electron chi connectivity index (χ4n) is 3.27. The average molecular weight is 301 g/mol. The monoisotopic (exact) mass is 301 g/mol. The van der Waals surface area contributed by atoms with Gasteiger partial charge in [0.05, 0.1) is 5.52 Å². The van der Waals surface area contributed by atoms with Crippen molar-refractivity contribution in [3.63, 3.8) is 0 Å². The largest absolute Gasteiger partial charge is 0.448 e. The second kappa shape index (κ2) is 4.21. The summed E-state index contributed by atoms with van der Waals surface area (Å²) in [6.07, 6.45) is 1.98. The van der Waals surface area contributed by atoms with E-state index in [9.17, 15) is 0 Å². The van der Waals surface area contributed by atoms with E-state index in [2.05, 4.69) is 59.5 Å². The second-order valence-corrected chi connectivity index (χ2v) is 8.57. The van der Waals surface area contributed by atoms with Crippen molar-refractivity contribution < 1.29 is 9.47 Å². The fraction of sp³-hybridized carbons (Fsp3) is 0.579. The molecule has 0 spiro atoms. The van der Waals surface area contributed by atoms with Gasteiger partial charge < -0.3 is 14.5 Å². The zero-order valence-electron chi connectivity index (χ0n) is 15.0. The summed E-state index contributed by atoms with van der Waals surface area (Å²) in [7, 11) is 0. The highest BCUT2D eigenvalue weighted by Gasteiger charge is 2.49. The van der Waals surface area contributed by atoms with Gasteiger partial charge in [-0.3, -0.25) is 0 Å². The molecule has 0 aliphatic carbocycles. The molecule has 0 saturated heterocycles. The van der Waals surface area contributed by atoms with Gasteiger partial charge in [0.25, 0.3) is 5.79 Å². The van der Waals surface area contributed by atoms with Gasteiger partial charge in [0.1, 0.15) is 0 Å². The van der Waals surface area contributed by atoms with Crippen molar-refractivity contribution in [1.29, 1.82) is 0 Å². The van der Waals surface area contributed by atoms with Crippen molar-refractivity contribution >= 4 is 10.9 Å². The van der Waals surface area contributed by atoms with Gasteiger partial charge in [-0.1, -0.05) is 41.5 Å². The van der Waals surface area contributed by atoms with Gasteiger partial charge in [-0.05, 0) is 29.5 Å². The molecule has 0 amide bonds. The first-order valence-electron chi connectivity index (χ1n) is 7.98. The molecule has 1 unspecified atom stereocenters. The second-order valence-electron chi connectivity index (χ2n) is 8.57. The molecular formula is C19H27NO2. The normalized spacial score (nSPS) is 21.6. The predicted molar refractivity (Wildman–Crippen MR) is 90.9 cm³/mol. The molecule has 22 heavy (non-hydrogen) atoms. The van der Waals surface area contributed by atoms with Crippen LogP contribution < -0.4 is 9.47 Å². The number of rotatable bonds is 0. The highest BCUT2D eigenvalue weighted by Crippen LogP contribution is 2.53. The lowest BCUT2D eigenvalue weighted by Crippen LogP contribution is -2.47. The van der Waals surface area contributed by atoms with Gasteiger partial charge in [-0.15, -0.1) is 0 Å². The van der Waals surface area contributed by atoms with Gasteiger partial charge in [-0.2, -0.15) is 0 Å². The highest BCUT2D eigenvalue weighted by atomic mass is 16.7. The maximum atomic E-state index is 6.36. The Kier molecular flexibility index (Phi) is 2.92. The quantitative estimate of drug-likeness (QED) is 0.715. The SMILES string of the molecule is Cc1c2c(c3[nH]ccc3c1C(C)(C)C)OC(C)(C(C)(C)C)O2. The van der Waals surface area contributed by atoms with E-state index in [-0.39, 0.29) is 10.8 Å². The van der Waals surface area contributed by atoms with Crippen molar-refractivity contribution in [3.05, 3.63) is 23.4 Å². The predicted octanol–water partition coefficient (Wildman–Crippen LogP) is 5.31. The van der Waals surface area contributed by atoms with Gasteiger partial charge in [0.15, 0.2) is 11.5 Å². The molecule has 3 rings (SSSR count). The molecule has 0 bridgehead atoms. The van der Waals surface area contributed by atoms with Crippen molar-refractivity contribution in [2.75, 3.05) is 0 Å². The van der Waals surface area contributed by atoms with Crippen molar-refractivity contribution in [1.82, 2.24) is 4.98 Å². The molecule has 1 aromatic heterocycles. The summed E-state index contributed by atoms with van der Waals surface area (Å²) in [5.41, 5.74) is 3.47. The van der Waals surface area contributed by atoms with E-state index < -0.39 is 5.79 Å². The number of H-pyrrole nitrogens is 1. The van der Waals surface area contributed by atoms with Crippen LogP contribution in [0, 0.1) is 12.3 Å². The molecule has 1 aliphatic rings. The third kappa shape index (κ3) is 1.94. The van der Waals surface area contributed by atoms with Crippen LogP contribution in [0.3, 0.4) is 0 Å². The van der Waals surface area contributed by atoms with Crippen LogP contribution in [-0.4, -0.2) is 10.8 Å². The molecule has 0 saturated carbocycles. The van der Waals surface area contributed by atoms with Crippen molar-refractivity contribution in [2.24, 2.45) is 5.41 Å². The van der Waals surface area contributed by atoms with E-state index in [1.54, 1.807) is 0 Å². The molecule has 2 aromatic rings. The summed E-state index contributed by atoms with van der Waals surface area (Å²) in [6.45, 7) is 17.3. The fourth-order valence-corrected chi connectivity index (χ4v) is 3.27. The Balaban J connectivity index is 2.31. The smallest absolute Gasteiger partial charge is 0.253 e. The molecule has 1 aromatic carbocycles. The molecular weight excluding hydrogens is 274 g/mol. The molecule has 1 aliphatic heterocycles. The molecule has 0 radical (unpaired) electrons. The van der Waals surface area contributed by atoms with Crippen LogP contribution in [0.1, 0.15) is 59.6 Å². The molecule has 1 atom stereocenters. The summed E-state index contributed by atoms with van der Waals surface area (Å²) in [6, 6.07) is 2.14. The number of ether oxygens (including phenoxy) is 2. The first-order valence-corrected chi connectivity index (χ1v) is 7.98. The zero-order valence-corrected chi connectivity index (χ0v) is 15.0. The van der Waals surface area contributed by atoms with Crippen molar-refractivity contribution in [3.8, 4) is 11.5 Å². The lowest BCUT2D eigenvalue weighted by molar-refractivity contribution is -0.142. The first kappa shape index (κ1) is 15.3. The van der Waals surface area contributed by atoms with Gasteiger partial charge in [0, 0.05) is 23.9 Å². The van der Waals surface area contributed by atoms with Crippen LogP contribution in [0.25, 0.3) is 10.9 Å². The summed E-state index contributed by atoms with van der Waals surface area (Å²) in [4.78, 5) is 3.34. The van der Waals surface area contributed by atoms with Crippen LogP contribution in [0.15, 0.2) is 12.3 Å². The Labute approximate surface area is 133 Å². The number of nitrogens with one attached hydrogen (secondary N) is 1. The summed E-state index contributed by atoms with van der Waals surface area (Å²) < 4.78 is 12.7. The lowest BCUT2D eigenvalue weighted by Gasteiger charge is -2.36. The van der Waals surface area contributed by atoms with Crippen LogP contribution in [0.5, 0.6) is 11.5 Å². The molecule has 2 heterocycles. The third-order valence-corrected chi connectivity index (χ3v) is 4.87. The van der Waals surface area contributed by atoms with E-state index in [4.69, 9.17) is 9.47 Å². The number of aromatic nitrogens is 1. The number of fused-ring (bicyclic) bond motifs is 3. The summed E-state index contributed by atoms with van der Waals surface area (Å²) in [5, 5.41) is 1.23. The van der Waals surface area contributed by atoms with Crippen LogP contribution in [0.2, 0.25) is 0 Å². The maximum Gasteiger partial charge on any atom is 0.253 e. The molecule has 0 fully saturated rings. The summed E-state index contributed by atoms with van der Waals surface area (Å²) in [5.74, 6) is 1.08. The Hall–Kier alpha value is -1.64. The number of benzene rings is 1. The third-order valence-electron chi connectivity index (χ3n) is 4.87. The number of hydrogen-bond acceptors (Lipinski definition) is 2.